The fourth-order valence-corrected chi connectivity index (χ4v) is 6.45. The van der Waals surface area contributed by atoms with E-state index in [9.17, 15) is 4.79 Å². The molecule has 10 heteroatoms. The predicted octanol–water partition coefficient (Wildman–Crippen LogP) is 2.91. The van der Waals surface area contributed by atoms with Crippen LogP contribution in [0.5, 0.6) is 0 Å². The Balaban J connectivity index is 1.23. The third-order valence-electron chi connectivity index (χ3n) is 6.43. The van der Waals surface area contributed by atoms with Gasteiger partial charge in [0.15, 0.2) is 10.3 Å². The number of fused-ring (bicyclic) bond motifs is 2. The minimum absolute atomic E-state index is 0.140. The van der Waals surface area contributed by atoms with E-state index in [-0.39, 0.29) is 5.91 Å². The number of hydrogen-bond acceptors (Lipinski definition) is 9. The molecule has 2 aliphatic rings. The Kier molecular flexibility index (Phi) is 6.45. The first-order chi connectivity index (χ1) is 15.6. The number of nitrogens with zero attached hydrogens (tertiary/aromatic N) is 5. The van der Waals surface area contributed by atoms with Gasteiger partial charge in [-0.3, -0.25) is 4.79 Å². The van der Waals surface area contributed by atoms with Crippen molar-refractivity contribution in [3.8, 4) is 0 Å². The number of amides is 1. The SMILES string of the molecule is Cc1c2nc(NCCN3CCCC3)sc2cc2sc(NCC(=O)N3CCN(C)CC3)nc12. The van der Waals surface area contributed by atoms with Crippen LogP contribution < -0.4 is 10.6 Å². The molecule has 0 spiro atoms. The molecule has 2 N–H and O–H groups in total. The maximum Gasteiger partial charge on any atom is 0.242 e. The number of nitrogens with one attached hydrogen (secondary N) is 2. The van der Waals surface area contributed by atoms with E-state index in [0.29, 0.717) is 6.54 Å². The highest BCUT2D eigenvalue weighted by Gasteiger charge is 2.20. The zero-order valence-electron chi connectivity index (χ0n) is 18.8. The number of anilines is 2. The molecule has 5 rings (SSSR count). The van der Waals surface area contributed by atoms with Gasteiger partial charge in [-0.25, -0.2) is 9.97 Å². The predicted molar refractivity (Wildman–Crippen MR) is 134 cm³/mol. The fourth-order valence-electron chi connectivity index (χ4n) is 4.43. The van der Waals surface area contributed by atoms with Gasteiger partial charge in [0, 0.05) is 44.8 Å². The van der Waals surface area contributed by atoms with E-state index in [2.05, 4.69) is 40.5 Å². The van der Waals surface area contributed by atoms with E-state index in [4.69, 9.17) is 9.97 Å². The summed E-state index contributed by atoms with van der Waals surface area (Å²) in [5, 5.41) is 8.54. The molecule has 3 aromatic rings. The highest BCUT2D eigenvalue weighted by atomic mass is 32.1. The Labute approximate surface area is 196 Å². The van der Waals surface area contributed by atoms with Crippen molar-refractivity contribution in [1.29, 1.82) is 0 Å². The third kappa shape index (κ3) is 4.68. The molecule has 1 aromatic carbocycles. The molecule has 0 atom stereocenters. The van der Waals surface area contributed by atoms with Crippen LogP contribution in [-0.2, 0) is 4.79 Å². The van der Waals surface area contributed by atoms with Crippen molar-refractivity contribution in [1.82, 2.24) is 24.7 Å². The van der Waals surface area contributed by atoms with E-state index < -0.39 is 0 Å². The summed E-state index contributed by atoms with van der Waals surface area (Å²) in [6, 6.07) is 2.19. The number of hydrogen-bond donors (Lipinski definition) is 2. The maximum atomic E-state index is 12.5. The van der Waals surface area contributed by atoms with E-state index >= 15 is 0 Å². The van der Waals surface area contributed by atoms with Crippen molar-refractivity contribution in [3.05, 3.63) is 11.6 Å². The second-order valence-electron chi connectivity index (χ2n) is 8.75. The summed E-state index contributed by atoms with van der Waals surface area (Å²) in [4.78, 5) is 28.8. The number of carbonyl (C=O) groups is 1. The first kappa shape index (κ1) is 21.8. The topological polar surface area (TPSA) is 76.6 Å². The standard InChI is InChI=1S/C22H31N7OS2/c1-15-19-16(31-21(25-19)23-5-8-28-6-3-4-7-28)13-17-20(15)26-22(32-17)24-14-18(30)29-11-9-27(2)10-12-29/h13H,3-12,14H2,1-2H3,(H,23,25)(H,24,26). The van der Waals surface area contributed by atoms with E-state index in [0.717, 1.165) is 70.8 Å². The number of benzene rings is 1. The molecule has 32 heavy (non-hydrogen) atoms. The molecular weight excluding hydrogens is 442 g/mol. The monoisotopic (exact) mass is 473 g/mol. The smallest absolute Gasteiger partial charge is 0.242 e. The number of likely N-dealkylation sites (N-methyl/N-ethyl adjacent to an activating group) is 1. The number of piperazine rings is 1. The molecule has 0 saturated carbocycles. The van der Waals surface area contributed by atoms with Crippen LogP contribution >= 0.6 is 22.7 Å². The fraction of sp³-hybridized carbons (Fsp3) is 0.591. The summed E-state index contributed by atoms with van der Waals surface area (Å²) in [7, 11) is 2.09. The van der Waals surface area contributed by atoms with Crippen molar-refractivity contribution in [2.24, 2.45) is 0 Å². The Morgan fingerprint density at radius 2 is 1.59 bits per heavy atom. The van der Waals surface area contributed by atoms with Gasteiger partial charge in [-0.15, -0.1) is 0 Å². The molecule has 1 amide bonds. The molecule has 2 aromatic heterocycles. The minimum Gasteiger partial charge on any atom is -0.360 e. The molecule has 4 heterocycles. The molecule has 2 saturated heterocycles. The highest BCUT2D eigenvalue weighted by molar-refractivity contribution is 7.24. The van der Waals surface area contributed by atoms with Crippen LogP contribution in [0.25, 0.3) is 20.4 Å². The van der Waals surface area contributed by atoms with E-state index in [1.807, 2.05) is 4.90 Å². The number of aryl methyl sites for hydroxylation is 1. The van der Waals surface area contributed by atoms with Crippen LogP contribution in [0.3, 0.4) is 0 Å². The Bertz CT molecular complexity index is 1100. The van der Waals surface area contributed by atoms with E-state index in [1.165, 1.54) is 30.6 Å². The quantitative estimate of drug-likeness (QED) is 0.546. The summed E-state index contributed by atoms with van der Waals surface area (Å²) in [6.45, 7) is 10.3. The lowest BCUT2D eigenvalue weighted by atomic mass is 10.2. The van der Waals surface area contributed by atoms with Crippen LogP contribution in [-0.4, -0.2) is 96.5 Å². The normalized spacial score (nSPS) is 18.1. The van der Waals surface area contributed by atoms with Crippen LogP contribution in [0, 0.1) is 6.92 Å². The second kappa shape index (κ2) is 9.46. The number of rotatable bonds is 7. The first-order valence-corrected chi connectivity index (χ1v) is 13.1. The summed E-state index contributed by atoms with van der Waals surface area (Å²) >= 11 is 3.32. The molecule has 172 valence electrons. The highest BCUT2D eigenvalue weighted by Crippen LogP contribution is 2.36. The molecule has 2 fully saturated rings. The number of thiazole rings is 2. The van der Waals surface area contributed by atoms with Crippen molar-refractivity contribution < 1.29 is 4.79 Å². The first-order valence-electron chi connectivity index (χ1n) is 11.4. The molecule has 8 nitrogen and oxygen atoms in total. The van der Waals surface area contributed by atoms with Gasteiger partial charge in [-0.1, -0.05) is 22.7 Å². The van der Waals surface area contributed by atoms with Crippen LogP contribution in [0.15, 0.2) is 6.07 Å². The van der Waals surface area contributed by atoms with Gasteiger partial charge in [0.25, 0.3) is 0 Å². The van der Waals surface area contributed by atoms with Crippen molar-refractivity contribution in [2.45, 2.75) is 19.8 Å². The number of aromatic nitrogens is 2. The summed E-state index contributed by atoms with van der Waals surface area (Å²) in [5.41, 5.74) is 3.11. The molecule has 0 aliphatic carbocycles. The summed E-state index contributed by atoms with van der Waals surface area (Å²) < 4.78 is 2.32. The van der Waals surface area contributed by atoms with Gasteiger partial charge in [-0.2, -0.15) is 0 Å². The number of carbonyl (C=O) groups excluding carboxylic acids is 1. The largest absolute Gasteiger partial charge is 0.360 e. The molecule has 0 unspecified atom stereocenters. The molecule has 0 radical (unpaired) electrons. The zero-order valence-corrected chi connectivity index (χ0v) is 20.4. The Morgan fingerprint density at radius 1 is 0.969 bits per heavy atom. The molecule has 2 aliphatic heterocycles. The van der Waals surface area contributed by atoms with Gasteiger partial charge in [0.05, 0.1) is 27.0 Å². The lowest BCUT2D eigenvalue weighted by Gasteiger charge is -2.32. The van der Waals surface area contributed by atoms with Gasteiger partial charge in [-0.05, 0) is 46.0 Å². The lowest BCUT2D eigenvalue weighted by Crippen LogP contribution is -2.48. The van der Waals surface area contributed by atoms with Crippen LogP contribution in [0.4, 0.5) is 10.3 Å². The Hall–Kier alpha value is -2.01. The van der Waals surface area contributed by atoms with Gasteiger partial charge in [0.1, 0.15) is 0 Å². The van der Waals surface area contributed by atoms with Crippen molar-refractivity contribution in [3.63, 3.8) is 0 Å². The summed E-state index contributed by atoms with van der Waals surface area (Å²) in [5.74, 6) is 0.140. The minimum atomic E-state index is 0.140. The van der Waals surface area contributed by atoms with Crippen LogP contribution in [0.2, 0.25) is 0 Å². The van der Waals surface area contributed by atoms with Gasteiger partial charge < -0.3 is 25.3 Å². The summed E-state index contributed by atoms with van der Waals surface area (Å²) in [6.07, 6.45) is 2.65. The molecule has 0 bridgehead atoms. The van der Waals surface area contributed by atoms with Gasteiger partial charge >= 0.3 is 0 Å². The average Bonchev–Trinajstić information content (AvgIpc) is 3.53. The van der Waals surface area contributed by atoms with Crippen molar-refractivity contribution in [2.75, 3.05) is 76.6 Å². The average molecular weight is 474 g/mol. The third-order valence-corrected chi connectivity index (χ3v) is 8.35. The second-order valence-corrected chi connectivity index (χ2v) is 10.8. The lowest BCUT2D eigenvalue weighted by molar-refractivity contribution is -0.130. The molecular formula is C22H31N7OS2. The maximum absolute atomic E-state index is 12.5. The Morgan fingerprint density at radius 3 is 2.25 bits per heavy atom. The van der Waals surface area contributed by atoms with Gasteiger partial charge in [0.2, 0.25) is 5.91 Å². The number of likely N-dealkylation sites (tertiary alicyclic amines) is 1. The van der Waals surface area contributed by atoms with E-state index in [1.54, 1.807) is 22.7 Å². The van der Waals surface area contributed by atoms with Crippen LogP contribution in [0.1, 0.15) is 18.4 Å². The van der Waals surface area contributed by atoms with Crippen molar-refractivity contribution >= 4 is 59.3 Å². The zero-order chi connectivity index (χ0) is 22.1.